The van der Waals surface area contributed by atoms with E-state index in [2.05, 4.69) is 77.6 Å². The number of rotatable bonds is 4. The molecule has 18 heavy (non-hydrogen) atoms. The van der Waals surface area contributed by atoms with E-state index < -0.39 is 0 Å². The van der Waals surface area contributed by atoms with E-state index >= 15 is 0 Å². The van der Waals surface area contributed by atoms with Crippen LogP contribution in [0.25, 0.3) is 0 Å². The summed E-state index contributed by atoms with van der Waals surface area (Å²) in [7, 11) is 0. The number of halogens is 1. The van der Waals surface area contributed by atoms with Crippen molar-refractivity contribution < 1.29 is 0 Å². The Kier molecular flexibility index (Phi) is 4.56. The molecular weight excluding hydrogens is 286 g/mol. The van der Waals surface area contributed by atoms with Gasteiger partial charge in [0, 0.05) is 17.6 Å². The molecule has 0 radical (unpaired) electrons. The van der Waals surface area contributed by atoms with Gasteiger partial charge in [-0.3, -0.25) is 0 Å². The molecule has 1 nitrogen and oxygen atoms in total. The molecule has 0 atom stereocenters. The Hall–Kier alpha value is -1.12. The molecule has 0 heterocycles. The number of nitrogens with one attached hydrogen (secondary N) is 1. The summed E-state index contributed by atoms with van der Waals surface area (Å²) in [6, 6.07) is 15.0. The minimum atomic E-state index is 0.903. The lowest BCUT2D eigenvalue weighted by Gasteiger charge is -2.09. The van der Waals surface area contributed by atoms with Gasteiger partial charge in [0.25, 0.3) is 0 Å². The van der Waals surface area contributed by atoms with Crippen molar-refractivity contribution in [3.8, 4) is 0 Å². The van der Waals surface area contributed by atoms with Gasteiger partial charge < -0.3 is 5.32 Å². The highest BCUT2D eigenvalue weighted by atomic mass is 79.9. The first kappa shape index (κ1) is 13.3. The molecule has 2 aromatic carbocycles. The maximum Gasteiger partial charge on any atom is 0.0211 e. The fraction of sp³-hybridized carbons (Fsp3) is 0.250. The van der Waals surface area contributed by atoms with Crippen LogP contribution in [0.15, 0.2) is 46.9 Å². The van der Waals surface area contributed by atoms with Crippen LogP contribution >= 0.6 is 15.9 Å². The van der Waals surface area contributed by atoms with Gasteiger partial charge in [0.15, 0.2) is 0 Å². The molecule has 2 heteroatoms. The molecule has 0 fully saturated rings. The zero-order valence-corrected chi connectivity index (χ0v) is 12.4. The predicted octanol–water partition coefficient (Wildman–Crippen LogP) is 4.36. The van der Waals surface area contributed by atoms with E-state index in [-0.39, 0.29) is 0 Å². The molecular formula is C16H18BrN. The fourth-order valence-corrected chi connectivity index (χ4v) is 2.25. The summed E-state index contributed by atoms with van der Waals surface area (Å²) in [6.07, 6.45) is 0. The van der Waals surface area contributed by atoms with E-state index in [1.807, 2.05) is 0 Å². The lowest BCUT2D eigenvalue weighted by atomic mass is 10.1. The molecule has 0 bridgehead atoms. The second kappa shape index (κ2) is 6.17. The van der Waals surface area contributed by atoms with E-state index in [1.165, 1.54) is 22.3 Å². The lowest BCUT2D eigenvalue weighted by molar-refractivity contribution is 0.690. The Bertz CT molecular complexity index is 517. The van der Waals surface area contributed by atoms with Gasteiger partial charge in [-0.1, -0.05) is 51.8 Å². The van der Waals surface area contributed by atoms with Gasteiger partial charge in [0.1, 0.15) is 0 Å². The van der Waals surface area contributed by atoms with Gasteiger partial charge in [-0.2, -0.15) is 0 Å². The number of hydrogen-bond donors (Lipinski definition) is 1. The van der Waals surface area contributed by atoms with Crippen LogP contribution in [0.2, 0.25) is 0 Å². The molecule has 0 aliphatic heterocycles. The molecule has 0 unspecified atom stereocenters. The van der Waals surface area contributed by atoms with Gasteiger partial charge >= 0.3 is 0 Å². The van der Waals surface area contributed by atoms with Crippen molar-refractivity contribution in [3.05, 3.63) is 69.2 Å². The Morgan fingerprint density at radius 1 is 0.944 bits per heavy atom. The van der Waals surface area contributed by atoms with Crippen molar-refractivity contribution in [3.63, 3.8) is 0 Å². The van der Waals surface area contributed by atoms with Crippen molar-refractivity contribution in [2.45, 2.75) is 26.9 Å². The van der Waals surface area contributed by atoms with Gasteiger partial charge in [-0.25, -0.2) is 0 Å². The second-order valence-corrected chi connectivity index (χ2v) is 5.58. The number of aryl methyl sites for hydroxylation is 2. The van der Waals surface area contributed by atoms with Crippen molar-refractivity contribution in [1.82, 2.24) is 5.32 Å². The first-order valence-corrected chi connectivity index (χ1v) is 6.96. The zero-order chi connectivity index (χ0) is 13.0. The largest absolute Gasteiger partial charge is 0.309 e. The summed E-state index contributed by atoms with van der Waals surface area (Å²) >= 11 is 3.45. The van der Waals surface area contributed by atoms with Crippen LogP contribution in [0, 0.1) is 13.8 Å². The summed E-state index contributed by atoms with van der Waals surface area (Å²) in [5.74, 6) is 0. The molecule has 0 saturated heterocycles. The molecule has 0 aromatic heterocycles. The van der Waals surface area contributed by atoms with Crippen LogP contribution in [-0.2, 0) is 13.1 Å². The van der Waals surface area contributed by atoms with Crippen LogP contribution in [0.1, 0.15) is 22.3 Å². The van der Waals surface area contributed by atoms with Gasteiger partial charge in [0.2, 0.25) is 0 Å². The van der Waals surface area contributed by atoms with E-state index in [0.29, 0.717) is 0 Å². The summed E-state index contributed by atoms with van der Waals surface area (Å²) in [5, 5.41) is 3.48. The molecule has 0 saturated carbocycles. The Morgan fingerprint density at radius 2 is 1.67 bits per heavy atom. The maximum atomic E-state index is 3.48. The molecule has 94 valence electrons. The third-order valence-electron chi connectivity index (χ3n) is 3.06. The predicted molar refractivity (Wildman–Crippen MR) is 80.6 cm³/mol. The molecule has 0 aliphatic rings. The van der Waals surface area contributed by atoms with Crippen molar-refractivity contribution >= 4 is 15.9 Å². The summed E-state index contributed by atoms with van der Waals surface area (Å²) < 4.78 is 1.13. The molecule has 0 amide bonds. The first-order chi connectivity index (χ1) is 8.65. The van der Waals surface area contributed by atoms with Gasteiger partial charge in [0.05, 0.1) is 0 Å². The highest BCUT2D eigenvalue weighted by Gasteiger charge is 1.98. The topological polar surface area (TPSA) is 12.0 Å². The van der Waals surface area contributed by atoms with E-state index in [0.717, 1.165) is 17.6 Å². The van der Waals surface area contributed by atoms with Crippen LogP contribution in [-0.4, -0.2) is 0 Å². The second-order valence-electron chi connectivity index (χ2n) is 4.66. The van der Waals surface area contributed by atoms with Crippen LogP contribution in [0.3, 0.4) is 0 Å². The van der Waals surface area contributed by atoms with E-state index in [4.69, 9.17) is 0 Å². The first-order valence-electron chi connectivity index (χ1n) is 6.16. The molecule has 1 N–H and O–H groups in total. The summed E-state index contributed by atoms with van der Waals surface area (Å²) in [5.41, 5.74) is 5.36. The molecule has 0 aliphatic carbocycles. The molecule has 0 spiro atoms. The third-order valence-corrected chi connectivity index (χ3v) is 3.58. The SMILES string of the molecule is Cc1ccc(CNCc2ccc(Br)cc2)c(C)c1. The zero-order valence-electron chi connectivity index (χ0n) is 10.8. The smallest absolute Gasteiger partial charge is 0.0211 e. The minimum Gasteiger partial charge on any atom is -0.309 e. The van der Waals surface area contributed by atoms with Crippen molar-refractivity contribution in [2.75, 3.05) is 0 Å². The lowest BCUT2D eigenvalue weighted by Crippen LogP contribution is -2.13. The standard InChI is InChI=1S/C16H18BrN/c1-12-3-6-15(13(2)9-12)11-18-10-14-4-7-16(17)8-5-14/h3-9,18H,10-11H2,1-2H3. The average molecular weight is 304 g/mol. The monoisotopic (exact) mass is 303 g/mol. The van der Waals surface area contributed by atoms with Gasteiger partial charge in [-0.05, 0) is 42.7 Å². The van der Waals surface area contributed by atoms with Crippen LogP contribution < -0.4 is 5.32 Å². The fourth-order valence-electron chi connectivity index (χ4n) is 1.99. The van der Waals surface area contributed by atoms with E-state index in [1.54, 1.807) is 0 Å². The Balaban J connectivity index is 1.90. The summed E-state index contributed by atoms with van der Waals surface area (Å²) in [6.45, 7) is 6.12. The van der Waals surface area contributed by atoms with Crippen molar-refractivity contribution in [1.29, 1.82) is 0 Å². The minimum absolute atomic E-state index is 0.903. The molecule has 2 rings (SSSR count). The normalized spacial score (nSPS) is 10.6. The quantitative estimate of drug-likeness (QED) is 0.885. The third kappa shape index (κ3) is 3.69. The van der Waals surface area contributed by atoms with Crippen molar-refractivity contribution in [2.24, 2.45) is 0 Å². The Labute approximate surface area is 117 Å². The average Bonchev–Trinajstić information content (AvgIpc) is 2.34. The van der Waals surface area contributed by atoms with E-state index in [9.17, 15) is 0 Å². The number of benzene rings is 2. The highest BCUT2D eigenvalue weighted by Crippen LogP contribution is 2.12. The Morgan fingerprint density at radius 3 is 2.33 bits per heavy atom. The summed E-state index contributed by atoms with van der Waals surface area (Å²) in [4.78, 5) is 0. The maximum absolute atomic E-state index is 3.48. The van der Waals surface area contributed by atoms with Crippen LogP contribution in [0.4, 0.5) is 0 Å². The van der Waals surface area contributed by atoms with Crippen LogP contribution in [0.5, 0.6) is 0 Å². The molecule has 2 aromatic rings. The number of hydrogen-bond acceptors (Lipinski definition) is 1. The van der Waals surface area contributed by atoms with Gasteiger partial charge in [-0.15, -0.1) is 0 Å². The highest BCUT2D eigenvalue weighted by molar-refractivity contribution is 9.10.